The predicted octanol–water partition coefficient (Wildman–Crippen LogP) is 3.18. The molecule has 0 atom stereocenters. The van der Waals surface area contributed by atoms with Gasteiger partial charge >= 0.3 is 0 Å². The molecule has 0 saturated carbocycles. The summed E-state index contributed by atoms with van der Waals surface area (Å²) in [7, 11) is 0. The van der Waals surface area contributed by atoms with Gasteiger partial charge in [0.25, 0.3) is 0 Å². The average Bonchev–Trinajstić information content (AvgIpc) is 1.89. The monoisotopic (exact) mass is 145 g/mol. The average molecular weight is 146 g/mol. The highest BCUT2D eigenvalue weighted by atomic mass is 35.5. The Kier molecular flexibility index (Phi) is 8.06. The molecule has 0 aliphatic rings. The topological polar surface area (TPSA) is 0 Å². The number of halogens is 1. The van der Waals surface area contributed by atoms with Crippen molar-refractivity contribution in [2.24, 2.45) is 0 Å². The van der Waals surface area contributed by atoms with Crippen LogP contribution in [0.25, 0.3) is 0 Å². The second-order valence-corrected chi connectivity index (χ2v) is 2.32. The van der Waals surface area contributed by atoms with E-state index < -0.39 is 0 Å². The molecule has 53 valence electrons. The van der Waals surface area contributed by atoms with Crippen molar-refractivity contribution in [3.05, 3.63) is 19.1 Å². The van der Waals surface area contributed by atoms with Gasteiger partial charge in [-0.1, -0.05) is 25.5 Å². The van der Waals surface area contributed by atoms with Gasteiger partial charge < -0.3 is 0 Å². The largest absolute Gasteiger partial charge is 0.126 e. The molecule has 1 heteroatoms. The molecule has 0 aliphatic heterocycles. The zero-order chi connectivity index (χ0) is 6.95. The summed E-state index contributed by atoms with van der Waals surface area (Å²) in [6.07, 6.45) is 8.68. The zero-order valence-corrected chi connectivity index (χ0v) is 6.53. The molecular weight excluding hydrogens is 132 g/mol. The molecule has 0 bridgehead atoms. The SMILES string of the molecule is [CH2]CCCC=CCCCl. The van der Waals surface area contributed by atoms with Crippen LogP contribution in [0.1, 0.15) is 25.7 Å². The molecule has 0 heterocycles. The Morgan fingerprint density at radius 2 is 1.89 bits per heavy atom. The number of allylic oxidation sites excluding steroid dienone is 2. The molecule has 0 aromatic carbocycles. The Morgan fingerprint density at radius 1 is 1.22 bits per heavy atom. The quantitative estimate of drug-likeness (QED) is 0.317. The minimum atomic E-state index is 0.737. The lowest BCUT2D eigenvalue weighted by Crippen LogP contribution is -1.69. The third-order valence-electron chi connectivity index (χ3n) is 1.06. The summed E-state index contributed by atoms with van der Waals surface area (Å²) < 4.78 is 0. The van der Waals surface area contributed by atoms with Crippen LogP contribution in [0.3, 0.4) is 0 Å². The summed E-state index contributed by atoms with van der Waals surface area (Å²) in [4.78, 5) is 0. The number of rotatable bonds is 5. The Balaban J connectivity index is 2.86. The van der Waals surface area contributed by atoms with Crippen molar-refractivity contribution >= 4 is 11.6 Å². The van der Waals surface area contributed by atoms with Crippen LogP contribution in [0.2, 0.25) is 0 Å². The van der Waals surface area contributed by atoms with E-state index in [1.807, 2.05) is 0 Å². The van der Waals surface area contributed by atoms with Crippen molar-refractivity contribution in [3.8, 4) is 0 Å². The number of hydrogen-bond acceptors (Lipinski definition) is 0. The number of alkyl halides is 1. The van der Waals surface area contributed by atoms with E-state index in [1.165, 1.54) is 6.42 Å². The third kappa shape index (κ3) is 8.03. The van der Waals surface area contributed by atoms with E-state index in [1.54, 1.807) is 0 Å². The summed E-state index contributed by atoms with van der Waals surface area (Å²) in [5, 5.41) is 0. The van der Waals surface area contributed by atoms with Gasteiger partial charge in [0.15, 0.2) is 0 Å². The van der Waals surface area contributed by atoms with Crippen LogP contribution in [0.15, 0.2) is 12.2 Å². The van der Waals surface area contributed by atoms with Gasteiger partial charge in [-0.05, 0) is 19.3 Å². The Morgan fingerprint density at radius 3 is 2.44 bits per heavy atom. The predicted molar refractivity (Wildman–Crippen MR) is 43.7 cm³/mol. The molecule has 0 N–H and O–H groups in total. The number of hydrogen-bond donors (Lipinski definition) is 0. The van der Waals surface area contributed by atoms with Crippen molar-refractivity contribution in [2.75, 3.05) is 5.88 Å². The Labute approximate surface area is 62.9 Å². The first kappa shape index (κ1) is 9.03. The van der Waals surface area contributed by atoms with E-state index >= 15 is 0 Å². The van der Waals surface area contributed by atoms with Crippen molar-refractivity contribution in [1.82, 2.24) is 0 Å². The zero-order valence-electron chi connectivity index (χ0n) is 5.78. The van der Waals surface area contributed by atoms with E-state index in [4.69, 9.17) is 11.6 Å². The first-order chi connectivity index (χ1) is 4.41. The maximum Gasteiger partial charge on any atom is 0.0257 e. The molecule has 0 unspecified atom stereocenters. The third-order valence-corrected chi connectivity index (χ3v) is 1.28. The summed E-state index contributed by atoms with van der Waals surface area (Å²) in [6.45, 7) is 3.74. The molecule has 0 fully saturated rings. The molecule has 0 saturated heterocycles. The maximum absolute atomic E-state index is 5.45. The van der Waals surface area contributed by atoms with Gasteiger partial charge in [-0.3, -0.25) is 0 Å². The van der Waals surface area contributed by atoms with E-state index in [0.717, 1.165) is 25.1 Å². The standard InChI is InChI=1S/C8H14Cl/c1-2-3-4-5-6-7-8-9/h5-6H,1-4,7-8H2. The van der Waals surface area contributed by atoms with Crippen LogP contribution < -0.4 is 0 Å². The highest BCUT2D eigenvalue weighted by Gasteiger charge is 1.77. The van der Waals surface area contributed by atoms with Gasteiger partial charge in [0.05, 0.1) is 0 Å². The molecule has 0 aromatic heterocycles. The van der Waals surface area contributed by atoms with Crippen molar-refractivity contribution in [2.45, 2.75) is 25.7 Å². The molecule has 0 nitrogen and oxygen atoms in total. The second kappa shape index (κ2) is 8.03. The molecule has 1 radical (unpaired) electrons. The Bertz CT molecular complexity index is 67.0. The highest BCUT2D eigenvalue weighted by Crippen LogP contribution is 1.96. The van der Waals surface area contributed by atoms with E-state index in [-0.39, 0.29) is 0 Å². The van der Waals surface area contributed by atoms with Gasteiger partial charge in [0.2, 0.25) is 0 Å². The summed E-state index contributed by atoms with van der Waals surface area (Å²) in [5.74, 6) is 0.737. The van der Waals surface area contributed by atoms with Crippen molar-refractivity contribution in [1.29, 1.82) is 0 Å². The minimum absolute atomic E-state index is 0.737. The molecule has 0 aromatic rings. The van der Waals surface area contributed by atoms with E-state index in [9.17, 15) is 0 Å². The van der Waals surface area contributed by atoms with Gasteiger partial charge in [-0.2, -0.15) is 0 Å². The summed E-state index contributed by atoms with van der Waals surface area (Å²) in [5.41, 5.74) is 0. The smallest absolute Gasteiger partial charge is 0.0257 e. The van der Waals surface area contributed by atoms with Gasteiger partial charge in [0, 0.05) is 5.88 Å². The van der Waals surface area contributed by atoms with Crippen LogP contribution in [-0.4, -0.2) is 5.88 Å². The highest BCUT2D eigenvalue weighted by molar-refractivity contribution is 6.17. The van der Waals surface area contributed by atoms with Gasteiger partial charge in [-0.15, -0.1) is 11.6 Å². The van der Waals surface area contributed by atoms with Crippen LogP contribution in [0, 0.1) is 6.92 Å². The van der Waals surface area contributed by atoms with Gasteiger partial charge in [-0.25, -0.2) is 0 Å². The van der Waals surface area contributed by atoms with E-state index in [0.29, 0.717) is 0 Å². The molecular formula is C8H14Cl. The summed E-state index contributed by atoms with van der Waals surface area (Å²) >= 11 is 5.45. The van der Waals surface area contributed by atoms with Crippen LogP contribution in [-0.2, 0) is 0 Å². The lowest BCUT2D eigenvalue weighted by molar-refractivity contribution is 0.863. The normalized spacial score (nSPS) is 10.9. The first-order valence-corrected chi connectivity index (χ1v) is 3.95. The lowest BCUT2D eigenvalue weighted by Gasteiger charge is -1.86. The number of unbranched alkanes of at least 4 members (excludes halogenated alkanes) is 2. The van der Waals surface area contributed by atoms with Crippen molar-refractivity contribution in [3.63, 3.8) is 0 Å². The molecule has 0 aliphatic carbocycles. The second-order valence-electron chi connectivity index (χ2n) is 1.94. The fraction of sp³-hybridized carbons (Fsp3) is 0.625. The fourth-order valence-electron chi connectivity index (χ4n) is 0.561. The fourth-order valence-corrected chi connectivity index (χ4v) is 0.687. The molecule has 9 heavy (non-hydrogen) atoms. The van der Waals surface area contributed by atoms with Crippen LogP contribution in [0.4, 0.5) is 0 Å². The van der Waals surface area contributed by atoms with Crippen molar-refractivity contribution < 1.29 is 0 Å². The molecule has 0 spiro atoms. The van der Waals surface area contributed by atoms with Crippen LogP contribution in [0.5, 0.6) is 0 Å². The molecule has 0 amide bonds. The maximum atomic E-state index is 5.45. The van der Waals surface area contributed by atoms with Gasteiger partial charge in [0.1, 0.15) is 0 Å². The first-order valence-electron chi connectivity index (χ1n) is 3.42. The lowest BCUT2D eigenvalue weighted by atomic mass is 10.2. The minimum Gasteiger partial charge on any atom is -0.126 e. The van der Waals surface area contributed by atoms with E-state index in [2.05, 4.69) is 19.1 Å². The Hall–Kier alpha value is 0.0300. The van der Waals surface area contributed by atoms with Crippen LogP contribution >= 0.6 is 11.6 Å². The molecule has 0 rings (SSSR count). The summed E-state index contributed by atoms with van der Waals surface area (Å²) in [6, 6.07) is 0.